The highest BCUT2D eigenvalue weighted by molar-refractivity contribution is 7.85. The quantitative estimate of drug-likeness (QED) is 0.679. The number of hydrogen-bond donors (Lipinski definition) is 1. The van der Waals surface area contributed by atoms with Crippen molar-refractivity contribution >= 4 is 39.1 Å². The van der Waals surface area contributed by atoms with Gasteiger partial charge in [-0.1, -0.05) is 29.3 Å². The van der Waals surface area contributed by atoms with Gasteiger partial charge in [-0.05, 0) is 42.8 Å². The molecule has 1 N–H and O–H groups in total. The Hall–Kier alpha value is -1.40. The Morgan fingerprint density at radius 1 is 1.10 bits per heavy atom. The van der Waals surface area contributed by atoms with E-state index in [-0.39, 0.29) is 31.6 Å². The number of ketones is 1. The van der Waals surface area contributed by atoms with Gasteiger partial charge < -0.3 is 0 Å². The molecule has 0 radical (unpaired) electrons. The second-order valence-electron chi connectivity index (χ2n) is 4.38. The van der Waals surface area contributed by atoms with Gasteiger partial charge in [0.25, 0.3) is 10.1 Å². The topological polar surface area (TPSA) is 71.4 Å². The molecule has 7 heteroatoms. The molecule has 110 valence electrons. The van der Waals surface area contributed by atoms with E-state index in [1.54, 1.807) is 18.2 Å². The highest BCUT2D eigenvalue weighted by Crippen LogP contribution is 2.28. The first kappa shape index (κ1) is 16.0. The summed E-state index contributed by atoms with van der Waals surface area (Å²) in [7, 11) is -4.32. The van der Waals surface area contributed by atoms with Gasteiger partial charge in [0.15, 0.2) is 5.78 Å². The van der Waals surface area contributed by atoms with Crippen LogP contribution in [0.2, 0.25) is 10.0 Å². The minimum Gasteiger partial charge on any atom is -0.288 e. The molecule has 0 saturated carbocycles. The van der Waals surface area contributed by atoms with E-state index in [0.717, 1.165) is 0 Å². The lowest BCUT2D eigenvalue weighted by molar-refractivity contribution is 0.103. The third-order valence-electron chi connectivity index (χ3n) is 2.90. The highest BCUT2D eigenvalue weighted by atomic mass is 35.5. The first-order valence-corrected chi connectivity index (χ1v) is 7.98. The Kier molecular flexibility index (Phi) is 4.39. The number of aryl methyl sites for hydroxylation is 1. The van der Waals surface area contributed by atoms with Crippen molar-refractivity contribution in [3.05, 3.63) is 63.1 Å². The lowest BCUT2D eigenvalue weighted by Crippen LogP contribution is -2.06. The van der Waals surface area contributed by atoms with Crippen molar-refractivity contribution in [1.29, 1.82) is 0 Å². The SMILES string of the molecule is Cc1cc(C(=O)c2c(Cl)cccc2Cl)ccc1S(=O)(=O)O. The van der Waals surface area contributed by atoms with Crippen LogP contribution < -0.4 is 0 Å². The Labute approximate surface area is 132 Å². The van der Waals surface area contributed by atoms with E-state index in [2.05, 4.69) is 0 Å². The van der Waals surface area contributed by atoms with Gasteiger partial charge >= 0.3 is 0 Å². The molecule has 21 heavy (non-hydrogen) atoms. The van der Waals surface area contributed by atoms with Gasteiger partial charge in [-0.2, -0.15) is 8.42 Å². The largest absolute Gasteiger partial charge is 0.294 e. The smallest absolute Gasteiger partial charge is 0.288 e. The fraction of sp³-hybridized carbons (Fsp3) is 0.0714. The predicted octanol–water partition coefficient (Wildman–Crippen LogP) is 3.78. The predicted molar refractivity (Wildman–Crippen MR) is 80.9 cm³/mol. The van der Waals surface area contributed by atoms with Gasteiger partial charge in [0.05, 0.1) is 20.5 Å². The van der Waals surface area contributed by atoms with Crippen LogP contribution in [0.25, 0.3) is 0 Å². The van der Waals surface area contributed by atoms with Crippen molar-refractivity contribution in [2.75, 3.05) is 0 Å². The number of carbonyl (C=O) groups excluding carboxylic acids is 1. The number of carbonyl (C=O) groups is 1. The van der Waals surface area contributed by atoms with Crippen molar-refractivity contribution in [3.8, 4) is 0 Å². The summed E-state index contributed by atoms with van der Waals surface area (Å²) in [6.45, 7) is 1.48. The summed E-state index contributed by atoms with van der Waals surface area (Å²) in [5, 5.41) is 0.424. The summed E-state index contributed by atoms with van der Waals surface area (Å²) in [6.07, 6.45) is 0. The normalized spacial score (nSPS) is 11.4. The minimum absolute atomic E-state index is 0.153. The Balaban J connectivity index is 2.54. The molecule has 0 bridgehead atoms. The van der Waals surface area contributed by atoms with E-state index in [4.69, 9.17) is 27.8 Å². The molecule has 0 atom stereocenters. The minimum atomic E-state index is -4.32. The zero-order valence-electron chi connectivity index (χ0n) is 10.8. The van der Waals surface area contributed by atoms with Gasteiger partial charge in [-0.3, -0.25) is 9.35 Å². The molecule has 2 aromatic rings. The van der Waals surface area contributed by atoms with E-state index >= 15 is 0 Å². The third-order valence-corrected chi connectivity index (χ3v) is 4.55. The Morgan fingerprint density at radius 3 is 2.14 bits per heavy atom. The summed E-state index contributed by atoms with van der Waals surface area (Å²) in [6, 6.07) is 8.54. The van der Waals surface area contributed by atoms with Gasteiger partial charge in [-0.15, -0.1) is 0 Å². The summed E-state index contributed by atoms with van der Waals surface area (Å²) < 4.78 is 31.3. The maximum Gasteiger partial charge on any atom is 0.294 e. The molecule has 0 amide bonds. The molecule has 0 aromatic heterocycles. The van der Waals surface area contributed by atoms with Gasteiger partial charge in [0.1, 0.15) is 0 Å². The number of benzene rings is 2. The van der Waals surface area contributed by atoms with Crippen molar-refractivity contribution in [1.82, 2.24) is 0 Å². The molecule has 2 aromatic carbocycles. The van der Waals surface area contributed by atoms with E-state index < -0.39 is 15.9 Å². The van der Waals surface area contributed by atoms with E-state index in [1.165, 1.54) is 25.1 Å². The third kappa shape index (κ3) is 3.27. The van der Waals surface area contributed by atoms with Crippen LogP contribution in [0.3, 0.4) is 0 Å². The summed E-state index contributed by atoms with van der Waals surface area (Å²) in [5.74, 6) is -0.421. The Morgan fingerprint density at radius 2 is 1.67 bits per heavy atom. The first-order valence-electron chi connectivity index (χ1n) is 5.78. The van der Waals surface area contributed by atoms with Crippen molar-refractivity contribution < 1.29 is 17.8 Å². The lowest BCUT2D eigenvalue weighted by Gasteiger charge is -2.08. The molecule has 0 fully saturated rings. The highest BCUT2D eigenvalue weighted by Gasteiger charge is 2.19. The van der Waals surface area contributed by atoms with Crippen LogP contribution in [0.5, 0.6) is 0 Å². The van der Waals surface area contributed by atoms with E-state index in [0.29, 0.717) is 0 Å². The standard InChI is InChI=1S/C14H10Cl2O4S/c1-8-7-9(5-6-12(8)21(18,19)20)14(17)13-10(15)3-2-4-11(13)16/h2-7H,1H3,(H,18,19,20). The zero-order valence-corrected chi connectivity index (χ0v) is 13.1. The number of hydrogen-bond acceptors (Lipinski definition) is 3. The molecular weight excluding hydrogens is 335 g/mol. The molecule has 0 heterocycles. The maximum absolute atomic E-state index is 12.4. The summed E-state index contributed by atoms with van der Waals surface area (Å²) >= 11 is 12.0. The van der Waals surface area contributed by atoms with Crippen LogP contribution in [0.15, 0.2) is 41.3 Å². The molecule has 4 nitrogen and oxygen atoms in total. The van der Waals surface area contributed by atoms with Crippen LogP contribution in [0, 0.1) is 6.92 Å². The molecule has 0 spiro atoms. The van der Waals surface area contributed by atoms with Gasteiger partial charge in [0.2, 0.25) is 0 Å². The van der Waals surface area contributed by atoms with Crippen molar-refractivity contribution in [3.63, 3.8) is 0 Å². The van der Waals surface area contributed by atoms with E-state index in [9.17, 15) is 13.2 Å². The van der Waals surface area contributed by atoms with Crippen LogP contribution >= 0.6 is 23.2 Å². The first-order chi connectivity index (χ1) is 9.71. The second kappa shape index (κ2) is 5.77. The fourth-order valence-corrected chi connectivity index (χ4v) is 3.21. The second-order valence-corrected chi connectivity index (χ2v) is 6.59. The van der Waals surface area contributed by atoms with Crippen molar-refractivity contribution in [2.45, 2.75) is 11.8 Å². The number of halogens is 2. The molecule has 0 unspecified atom stereocenters. The van der Waals surface area contributed by atoms with Crippen LogP contribution in [0.1, 0.15) is 21.5 Å². The molecule has 0 aliphatic carbocycles. The van der Waals surface area contributed by atoms with E-state index in [1.807, 2.05) is 0 Å². The lowest BCUT2D eigenvalue weighted by atomic mass is 10.0. The van der Waals surface area contributed by atoms with Crippen LogP contribution in [-0.4, -0.2) is 18.8 Å². The molecular formula is C14H10Cl2O4S. The van der Waals surface area contributed by atoms with Gasteiger partial charge in [-0.25, -0.2) is 0 Å². The van der Waals surface area contributed by atoms with Crippen LogP contribution in [-0.2, 0) is 10.1 Å². The monoisotopic (exact) mass is 344 g/mol. The zero-order chi connectivity index (χ0) is 15.8. The molecule has 2 rings (SSSR count). The average molecular weight is 345 g/mol. The van der Waals surface area contributed by atoms with Crippen molar-refractivity contribution in [2.24, 2.45) is 0 Å². The summed E-state index contributed by atoms with van der Waals surface area (Å²) in [4.78, 5) is 12.2. The maximum atomic E-state index is 12.4. The van der Waals surface area contributed by atoms with Gasteiger partial charge in [0, 0.05) is 5.56 Å². The molecule has 0 aliphatic rings. The molecule has 0 saturated heterocycles. The average Bonchev–Trinajstić information content (AvgIpc) is 2.36. The van der Waals surface area contributed by atoms with Crippen LogP contribution in [0.4, 0.5) is 0 Å². The number of rotatable bonds is 3. The molecule has 0 aliphatic heterocycles. The Bertz CT molecular complexity index is 809. The summed E-state index contributed by atoms with van der Waals surface area (Å²) in [5.41, 5.74) is 0.640. The fourth-order valence-electron chi connectivity index (χ4n) is 1.94.